The van der Waals surface area contributed by atoms with Crippen molar-refractivity contribution in [1.82, 2.24) is 35.3 Å². The Kier molecular flexibility index (Phi) is 32.6. The quantitative estimate of drug-likeness (QED) is 0.0462. The van der Waals surface area contributed by atoms with Gasteiger partial charge in [0.05, 0.1) is 25.8 Å². The third-order valence-corrected chi connectivity index (χ3v) is 12.8. The standard InChI is InChI=1S/C24H28F2N4O4.C12H24NO4P.C10H18O5.C9H15NO3.C4H7NO.CH4/c25-23(26)34-21-10-8-17(15-27-21)20(14-22(31)32)30-13-12-29(24(30)33)11-3-5-18-9-7-16-4-1-2-6-19(16)28-18;1-12(2,3)17-11(15)13-8-6-7-10(14)9-18(4,5)16;1-9(2,3)14-7(11)13-8(12)15-10(4,5)6;1-9(2,3)13-8(12)10-6-4-5-7(10)11;6-4-2-1-3-5-4;/h7-10,15,20,23H,1-6,11-14H2,(H,31,32);6-9H2,1-5H3,(H,13,15);1-6H3;4-6H2,1-3H3;1-3H2,(H,5,6);1H4. The molecule has 0 spiro atoms. The van der Waals surface area contributed by atoms with E-state index in [0.717, 1.165) is 57.2 Å². The topological polar surface area (TPSA) is 306 Å². The lowest BCUT2D eigenvalue weighted by Gasteiger charge is -2.27. The zero-order chi connectivity index (χ0) is 65.2. The minimum Gasteiger partial charge on any atom is -0.481 e. The summed E-state index contributed by atoms with van der Waals surface area (Å²) in [6, 6.07) is 5.97. The summed E-state index contributed by atoms with van der Waals surface area (Å²) in [5.74, 6) is -1.28. The molecule has 3 aliphatic heterocycles. The highest BCUT2D eigenvalue weighted by Crippen LogP contribution is 2.36. The number of imide groups is 1. The average Bonchev–Trinajstić information content (AvgIpc) is 2.04. The number of aryl methyl sites for hydroxylation is 3. The van der Waals surface area contributed by atoms with Gasteiger partial charge in [0.15, 0.2) is 0 Å². The molecule has 5 heterocycles. The largest absolute Gasteiger partial charge is 0.519 e. The number of halogens is 2. The van der Waals surface area contributed by atoms with Crippen LogP contribution in [0, 0.1) is 0 Å². The highest BCUT2D eigenvalue weighted by molar-refractivity contribution is 7.63. The summed E-state index contributed by atoms with van der Waals surface area (Å²) in [5, 5.41) is 14.6. The smallest absolute Gasteiger partial charge is 0.481 e. The van der Waals surface area contributed by atoms with Crippen LogP contribution in [0.2, 0.25) is 0 Å². The molecule has 3 saturated heterocycles. The summed E-state index contributed by atoms with van der Waals surface area (Å²) >= 11 is 0. The van der Waals surface area contributed by atoms with Crippen LogP contribution in [0.1, 0.15) is 183 Å². The molecule has 3 fully saturated rings. The number of carbonyl (C=O) groups excluding carboxylic acids is 8. The first-order valence-electron chi connectivity index (χ1n) is 28.8. The number of carboxylic acids is 1. The second kappa shape index (κ2) is 36.4. The van der Waals surface area contributed by atoms with E-state index in [-0.39, 0.29) is 49.5 Å². The number of hydrogen-bond acceptors (Lipinski definition) is 18. The predicted octanol–water partition coefficient (Wildman–Crippen LogP) is 11.3. The van der Waals surface area contributed by atoms with E-state index >= 15 is 0 Å². The minimum atomic E-state index is -3.00. The van der Waals surface area contributed by atoms with Gasteiger partial charge in [-0.25, -0.2) is 33.9 Å². The summed E-state index contributed by atoms with van der Waals surface area (Å²) in [7, 11) is -2.28. The molecule has 6 rings (SSSR count). The number of alkyl carbamates (subject to hydrolysis) is 1. The Balaban J connectivity index is 0.000000604. The summed E-state index contributed by atoms with van der Waals surface area (Å²) in [5.41, 5.74) is 1.59. The monoisotopic (exact) mass is 1260 g/mol. The van der Waals surface area contributed by atoms with Gasteiger partial charge in [0.1, 0.15) is 28.2 Å². The molecule has 0 bridgehead atoms. The van der Waals surface area contributed by atoms with Crippen molar-refractivity contribution in [2.24, 2.45) is 0 Å². The van der Waals surface area contributed by atoms with Crippen LogP contribution in [0.15, 0.2) is 30.5 Å². The van der Waals surface area contributed by atoms with Crippen LogP contribution in [-0.2, 0) is 66.7 Å². The van der Waals surface area contributed by atoms with E-state index in [1.807, 2.05) is 0 Å². The summed E-state index contributed by atoms with van der Waals surface area (Å²) in [6.07, 6.45) is 7.88. The van der Waals surface area contributed by atoms with Gasteiger partial charge < -0.3 is 58.5 Å². The Morgan fingerprint density at radius 2 is 1.36 bits per heavy atom. The maximum atomic E-state index is 13.0. The van der Waals surface area contributed by atoms with Gasteiger partial charge in [-0.15, -0.1) is 0 Å². The zero-order valence-corrected chi connectivity index (χ0v) is 53.5. The lowest BCUT2D eigenvalue weighted by molar-refractivity contribution is -0.138. The second-order valence-electron chi connectivity index (χ2n) is 25.0. The normalized spacial score (nSPS) is 15.1. The highest BCUT2D eigenvalue weighted by Gasteiger charge is 2.36. The molecule has 0 radical (unpaired) electrons. The third kappa shape index (κ3) is 35.4. The van der Waals surface area contributed by atoms with E-state index in [1.54, 1.807) is 101 Å². The fourth-order valence-corrected chi connectivity index (χ4v) is 9.27. The van der Waals surface area contributed by atoms with Crippen molar-refractivity contribution in [3.8, 4) is 5.88 Å². The number of alkyl halides is 2. The fraction of sp³-hybridized carbons (Fsp3) is 0.683. The number of nitrogens with one attached hydrogen (secondary N) is 2. The van der Waals surface area contributed by atoms with Crippen LogP contribution in [0.4, 0.5) is 32.8 Å². The number of hydrogen-bond donors (Lipinski definition) is 3. The Labute approximate surface area is 511 Å². The van der Waals surface area contributed by atoms with Crippen molar-refractivity contribution in [3.63, 3.8) is 0 Å². The number of rotatable bonds is 16. The zero-order valence-electron chi connectivity index (χ0n) is 52.6. The van der Waals surface area contributed by atoms with E-state index in [2.05, 4.69) is 37.2 Å². The van der Waals surface area contributed by atoms with E-state index in [1.165, 1.54) is 52.2 Å². The first kappa shape index (κ1) is 78.0. The number of ketones is 1. The molecule has 492 valence electrons. The number of likely N-dealkylation sites (tertiary alicyclic amines) is 1. The number of carbonyl (C=O) groups is 9. The SMILES string of the molecule is C.CC(C)(C)OC(=O)N1CCCC1=O.CC(C)(C)OC(=O)NCCCC(=O)CP(C)(C)=O.CC(C)(C)OC(=O)OC(=O)OC(C)(C)C.O=C(O)CC(c1ccc(OC(F)F)nc1)N1CCN(CCCc2ccc3c(n2)CCCC3)C1=O.O=C1CCCN1. The molecule has 0 saturated carbocycles. The molecular weight excluding hydrogens is 1160 g/mol. The number of aromatic nitrogens is 2. The van der Waals surface area contributed by atoms with Crippen LogP contribution >= 0.6 is 7.14 Å². The van der Waals surface area contributed by atoms with Crippen LogP contribution in [-0.4, -0.2) is 172 Å². The van der Waals surface area contributed by atoms with E-state index in [9.17, 15) is 61.6 Å². The molecule has 3 N–H and O–H groups in total. The van der Waals surface area contributed by atoms with Crippen molar-refractivity contribution < 1.29 is 90.0 Å². The van der Waals surface area contributed by atoms with Gasteiger partial charge >= 0.3 is 43.1 Å². The van der Waals surface area contributed by atoms with Crippen molar-refractivity contribution in [1.29, 1.82) is 0 Å². The van der Waals surface area contributed by atoms with Gasteiger partial charge in [0.2, 0.25) is 17.7 Å². The second-order valence-corrected chi connectivity index (χ2v) is 28.5. The summed E-state index contributed by atoms with van der Waals surface area (Å²) in [6.45, 7) is 24.1. The number of nitrogens with zero attached hydrogens (tertiary/aromatic N) is 5. The number of carboxylic acid groups (broad SMARTS) is 1. The number of amides is 6. The molecule has 4 aliphatic rings. The third-order valence-electron chi connectivity index (χ3n) is 11.7. The first-order chi connectivity index (χ1) is 39.7. The van der Waals surface area contributed by atoms with Crippen LogP contribution < -0.4 is 15.4 Å². The molecule has 1 unspecified atom stereocenters. The molecule has 0 aromatic carbocycles. The molecule has 24 nitrogen and oxygen atoms in total. The molecule has 27 heteroatoms. The van der Waals surface area contributed by atoms with Gasteiger partial charge in [0, 0.05) is 82.2 Å². The maximum Gasteiger partial charge on any atom is 0.519 e. The Morgan fingerprint density at radius 3 is 1.84 bits per heavy atom. The molecular formula is C60H96F2N7O17P. The predicted molar refractivity (Wildman–Crippen MR) is 321 cm³/mol. The average molecular weight is 1260 g/mol. The highest BCUT2D eigenvalue weighted by atomic mass is 31.2. The van der Waals surface area contributed by atoms with Crippen LogP contribution in [0.5, 0.6) is 5.88 Å². The molecule has 87 heavy (non-hydrogen) atoms. The van der Waals surface area contributed by atoms with Gasteiger partial charge in [-0.1, -0.05) is 19.6 Å². The number of aliphatic carboxylic acids is 1. The Bertz CT molecular complexity index is 2590. The molecule has 6 amide bonds. The van der Waals surface area contributed by atoms with E-state index in [4.69, 9.17) is 23.9 Å². The Morgan fingerprint density at radius 1 is 0.747 bits per heavy atom. The van der Waals surface area contributed by atoms with Gasteiger partial charge in [0.25, 0.3) is 0 Å². The summed E-state index contributed by atoms with van der Waals surface area (Å²) in [4.78, 5) is 115. The van der Waals surface area contributed by atoms with Crippen LogP contribution in [0.25, 0.3) is 0 Å². The number of Topliss-reactive ketones (excluding diaryl/α,β-unsaturated/α-hetero) is 1. The number of pyridine rings is 2. The number of ether oxygens (including phenoxy) is 6. The van der Waals surface area contributed by atoms with E-state index in [0.29, 0.717) is 57.5 Å². The maximum absolute atomic E-state index is 13.0. The van der Waals surface area contributed by atoms with Crippen molar-refractivity contribution >= 4 is 61.2 Å². The first-order valence-corrected chi connectivity index (χ1v) is 31.6. The van der Waals surface area contributed by atoms with Gasteiger partial charge in [-0.3, -0.25) is 24.2 Å². The number of fused-ring (bicyclic) bond motifs is 1. The molecule has 2 aromatic rings. The van der Waals surface area contributed by atoms with Crippen molar-refractivity contribution in [3.05, 3.63) is 53.0 Å². The lowest BCUT2D eigenvalue weighted by atomic mass is 9.95. The summed E-state index contributed by atoms with van der Waals surface area (Å²) < 4.78 is 64.3. The number of urea groups is 1. The minimum absolute atomic E-state index is 0. The lowest BCUT2D eigenvalue weighted by Crippen LogP contribution is -2.37. The van der Waals surface area contributed by atoms with Crippen molar-refractivity contribution in [2.45, 2.75) is 209 Å². The van der Waals surface area contributed by atoms with Crippen LogP contribution in [0.3, 0.4) is 0 Å². The molecule has 1 atom stereocenters. The van der Waals surface area contributed by atoms with Crippen molar-refractivity contribution in [2.75, 3.05) is 58.8 Å². The fourth-order valence-electron chi connectivity index (χ4n) is 8.27. The molecule has 2 aromatic heterocycles. The Hall–Kier alpha value is -6.98. The van der Waals surface area contributed by atoms with Gasteiger partial charge in [-0.2, -0.15) is 8.78 Å². The van der Waals surface area contributed by atoms with Gasteiger partial charge in [-0.05, 0) is 171 Å². The molecule has 1 aliphatic carbocycles. The van der Waals surface area contributed by atoms with E-state index < -0.39 is 72.7 Å².